The van der Waals surface area contributed by atoms with Gasteiger partial charge < -0.3 is 9.64 Å². The average molecular weight is 345 g/mol. The number of para-hydroxylation sites is 1. The average Bonchev–Trinajstić information content (AvgIpc) is 2.63. The highest BCUT2D eigenvalue weighted by atomic mass is 35.5. The van der Waals surface area contributed by atoms with Crippen LogP contribution >= 0.6 is 11.6 Å². The van der Waals surface area contributed by atoms with Crippen molar-refractivity contribution in [1.82, 2.24) is 9.80 Å². The van der Waals surface area contributed by atoms with Gasteiger partial charge >= 0.3 is 0 Å². The Bertz CT molecular complexity index is 712. The van der Waals surface area contributed by atoms with Gasteiger partial charge in [0.15, 0.2) is 0 Å². The smallest absolute Gasteiger partial charge is 0.257 e. The molecule has 2 aromatic rings. The van der Waals surface area contributed by atoms with E-state index in [1.165, 1.54) is 0 Å². The normalized spacial score (nSPS) is 15.3. The van der Waals surface area contributed by atoms with E-state index < -0.39 is 0 Å². The lowest BCUT2D eigenvalue weighted by Crippen LogP contribution is -2.48. The van der Waals surface area contributed by atoms with Crippen molar-refractivity contribution in [1.29, 1.82) is 0 Å². The fraction of sp³-hybridized carbons (Fsp3) is 0.316. The van der Waals surface area contributed by atoms with E-state index in [1.54, 1.807) is 7.11 Å². The molecule has 5 heteroatoms. The van der Waals surface area contributed by atoms with Gasteiger partial charge in [-0.15, -0.1) is 0 Å². The summed E-state index contributed by atoms with van der Waals surface area (Å²) in [7, 11) is 1.59. The Morgan fingerprint density at radius 2 is 1.71 bits per heavy atom. The van der Waals surface area contributed by atoms with Gasteiger partial charge in [0.2, 0.25) is 0 Å². The molecule has 1 fully saturated rings. The van der Waals surface area contributed by atoms with Crippen molar-refractivity contribution < 1.29 is 9.53 Å². The number of hydrogen-bond donors (Lipinski definition) is 0. The van der Waals surface area contributed by atoms with E-state index in [0.717, 1.165) is 30.2 Å². The van der Waals surface area contributed by atoms with Gasteiger partial charge in [-0.25, -0.2) is 0 Å². The van der Waals surface area contributed by atoms with Crippen molar-refractivity contribution in [3.05, 3.63) is 64.7 Å². The molecule has 0 spiro atoms. The van der Waals surface area contributed by atoms with Crippen molar-refractivity contribution in [2.45, 2.75) is 6.54 Å². The zero-order valence-corrected chi connectivity index (χ0v) is 14.5. The number of methoxy groups -OCH3 is 1. The van der Waals surface area contributed by atoms with Crippen molar-refractivity contribution in [2.24, 2.45) is 0 Å². The molecule has 1 saturated heterocycles. The number of halogens is 1. The monoisotopic (exact) mass is 344 g/mol. The Morgan fingerprint density at radius 3 is 2.42 bits per heavy atom. The van der Waals surface area contributed by atoms with Crippen molar-refractivity contribution in [2.75, 3.05) is 33.3 Å². The molecule has 2 aromatic carbocycles. The molecular weight excluding hydrogens is 324 g/mol. The molecule has 0 atom stereocenters. The number of carbonyl (C=O) groups excluding carboxylic acids is 1. The van der Waals surface area contributed by atoms with Crippen LogP contribution in [0.2, 0.25) is 5.02 Å². The Balaban J connectivity index is 1.61. The number of ether oxygens (including phenoxy) is 1. The van der Waals surface area contributed by atoms with Crippen LogP contribution in [0.1, 0.15) is 15.9 Å². The highest BCUT2D eigenvalue weighted by Crippen LogP contribution is 2.21. The van der Waals surface area contributed by atoms with E-state index in [4.69, 9.17) is 16.3 Å². The van der Waals surface area contributed by atoms with Gasteiger partial charge in [-0.3, -0.25) is 9.69 Å². The molecule has 126 valence electrons. The van der Waals surface area contributed by atoms with Gasteiger partial charge in [-0.05, 0) is 23.8 Å². The van der Waals surface area contributed by atoms with Gasteiger partial charge in [0.25, 0.3) is 5.91 Å². The zero-order valence-electron chi connectivity index (χ0n) is 13.7. The van der Waals surface area contributed by atoms with Crippen LogP contribution in [0.3, 0.4) is 0 Å². The summed E-state index contributed by atoms with van der Waals surface area (Å²) in [6.45, 7) is 3.91. The van der Waals surface area contributed by atoms with Crippen LogP contribution < -0.4 is 4.74 Å². The van der Waals surface area contributed by atoms with E-state index >= 15 is 0 Å². The maximum absolute atomic E-state index is 12.7. The third kappa shape index (κ3) is 3.71. The summed E-state index contributed by atoms with van der Waals surface area (Å²) in [4.78, 5) is 16.9. The highest BCUT2D eigenvalue weighted by molar-refractivity contribution is 6.31. The van der Waals surface area contributed by atoms with Gasteiger partial charge in [0.1, 0.15) is 5.75 Å². The molecule has 0 radical (unpaired) electrons. The first-order chi connectivity index (χ1) is 11.7. The molecular formula is C19H21ClN2O2. The Morgan fingerprint density at radius 1 is 1.04 bits per heavy atom. The van der Waals surface area contributed by atoms with Crippen LogP contribution in [0, 0.1) is 0 Å². The summed E-state index contributed by atoms with van der Waals surface area (Å²) in [5.74, 6) is 0.658. The van der Waals surface area contributed by atoms with Crippen molar-refractivity contribution in [3.8, 4) is 5.75 Å². The second-order valence-electron chi connectivity index (χ2n) is 5.86. The van der Waals surface area contributed by atoms with E-state index in [-0.39, 0.29) is 5.91 Å². The van der Waals surface area contributed by atoms with Crippen LogP contribution in [0.4, 0.5) is 0 Å². The van der Waals surface area contributed by atoms with Gasteiger partial charge in [-0.2, -0.15) is 0 Å². The van der Waals surface area contributed by atoms with Crippen molar-refractivity contribution >= 4 is 17.5 Å². The Kier molecular flexibility index (Phi) is 5.38. The molecule has 0 bridgehead atoms. The molecule has 1 aliphatic heterocycles. The van der Waals surface area contributed by atoms with Gasteiger partial charge in [0, 0.05) is 37.7 Å². The minimum Gasteiger partial charge on any atom is -0.496 e. The third-order valence-electron chi connectivity index (χ3n) is 4.35. The predicted molar refractivity (Wildman–Crippen MR) is 95.6 cm³/mol. The van der Waals surface area contributed by atoms with Crippen LogP contribution in [-0.4, -0.2) is 49.0 Å². The zero-order chi connectivity index (χ0) is 16.9. The molecule has 1 heterocycles. The molecule has 0 aromatic heterocycles. The van der Waals surface area contributed by atoms with E-state index in [2.05, 4.69) is 11.0 Å². The molecule has 4 nitrogen and oxygen atoms in total. The number of benzene rings is 2. The van der Waals surface area contributed by atoms with Crippen molar-refractivity contribution in [3.63, 3.8) is 0 Å². The van der Waals surface area contributed by atoms with E-state index in [1.807, 2.05) is 47.4 Å². The molecule has 0 N–H and O–H groups in total. The molecule has 0 unspecified atom stereocenters. The maximum Gasteiger partial charge on any atom is 0.257 e. The Labute approximate surface area is 147 Å². The number of piperazine rings is 1. The second-order valence-corrected chi connectivity index (χ2v) is 6.27. The first kappa shape index (κ1) is 16.8. The summed E-state index contributed by atoms with van der Waals surface area (Å²) in [6, 6.07) is 15.3. The van der Waals surface area contributed by atoms with Gasteiger partial charge in [-0.1, -0.05) is 41.9 Å². The second kappa shape index (κ2) is 7.69. The SMILES string of the molecule is COc1ccccc1C(=O)N1CCN(Cc2ccccc2Cl)CC1. The largest absolute Gasteiger partial charge is 0.496 e. The summed E-state index contributed by atoms with van der Waals surface area (Å²) < 4.78 is 5.30. The lowest BCUT2D eigenvalue weighted by atomic mass is 10.1. The third-order valence-corrected chi connectivity index (χ3v) is 4.72. The topological polar surface area (TPSA) is 32.8 Å². The first-order valence-corrected chi connectivity index (χ1v) is 8.45. The van der Waals surface area contributed by atoms with Crippen LogP contribution in [0.25, 0.3) is 0 Å². The number of rotatable bonds is 4. The fourth-order valence-electron chi connectivity index (χ4n) is 2.97. The lowest BCUT2D eigenvalue weighted by molar-refractivity contribution is 0.0625. The van der Waals surface area contributed by atoms with Crippen LogP contribution in [0.15, 0.2) is 48.5 Å². The number of carbonyl (C=O) groups is 1. The van der Waals surface area contributed by atoms with E-state index in [9.17, 15) is 4.79 Å². The highest BCUT2D eigenvalue weighted by Gasteiger charge is 2.24. The molecule has 1 aliphatic rings. The lowest BCUT2D eigenvalue weighted by Gasteiger charge is -2.35. The summed E-state index contributed by atoms with van der Waals surface area (Å²) >= 11 is 6.23. The summed E-state index contributed by atoms with van der Waals surface area (Å²) in [5, 5.41) is 0.796. The minimum absolute atomic E-state index is 0.0323. The fourth-order valence-corrected chi connectivity index (χ4v) is 3.16. The molecule has 3 rings (SSSR count). The molecule has 0 aliphatic carbocycles. The number of amides is 1. The van der Waals surface area contributed by atoms with Gasteiger partial charge in [0.05, 0.1) is 12.7 Å². The Hall–Kier alpha value is -2.04. The minimum atomic E-state index is 0.0323. The molecule has 1 amide bonds. The standard InChI is InChI=1S/C19H21ClN2O2/c1-24-18-9-5-3-7-16(18)19(23)22-12-10-21(11-13-22)14-15-6-2-4-8-17(15)20/h2-9H,10-14H2,1H3. The number of hydrogen-bond acceptors (Lipinski definition) is 3. The quantitative estimate of drug-likeness (QED) is 0.853. The molecule has 0 saturated carbocycles. The first-order valence-electron chi connectivity index (χ1n) is 8.07. The molecule has 24 heavy (non-hydrogen) atoms. The summed E-state index contributed by atoms with van der Waals surface area (Å²) in [5.41, 5.74) is 1.75. The maximum atomic E-state index is 12.7. The van der Waals surface area contributed by atoms with Crippen LogP contribution in [-0.2, 0) is 6.54 Å². The predicted octanol–water partition coefficient (Wildman–Crippen LogP) is 3.31. The summed E-state index contributed by atoms with van der Waals surface area (Å²) in [6.07, 6.45) is 0. The number of nitrogens with zero attached hydrogens (tertiary/aromatic N) is 2. The van der Waals surface area contributed by atoms with E-state index in [0.29, 0.717) is 24.4 Å². The van der Waals surface area contributed by atoms with Crippen LogP contribution in [0.5, 0.6) is 5.75 Å².